The van der Waals surface area contributed by atoms with Crippen molar-refractivity contribution in [2.24, 2.45) is 0 Å². The first-order chi connectivity index (χ1) is 12.7. The van der Waals surface area contributed by atoms with Gasteiger partial charge in [-0.25, -0.2) is 0 Å². The van der Waals surface area contributed by atoms with Crippen LogP contribution < -0.4 is 5.32 Å². The summed E-state index contributed by atoms with van der Waals surface area (Å²) in [5.74, 6) is 5.50. The first-order valence-corrected chi connectivity index (χ1v) is 9.38. The molecular weight excluding hydrogens is 320 g/mol. The third-order valence-corrected chi connectivity index (χ3v) is 5.03. The number of carbonyl (C=O) groups is 1. The highest BCUT2D eigenvalue weighted by molar-refractivity contribution is 6.04. The molecule has 0 radical (unpaired) electrons. The fourth-order valence-electron chi connectivity index (χ4n) is 3.50. The molecule has 26 heavy (non-hydrogen) atoms. The molecule has 3 heteroatoms. The van der Waals surface area contributed by atoms with Gasteiger partial charge in [0.25, 0.3) is 0 Å². The van der Waals surface area contributed by atoms with Crippen LogP contribution in [0.1, 0.15) is 36.8 Å². The molecule has 134 valence electrons. The normalized spacial score (nSPS) is 17.2. The van der Waals surface area contributed by atoms with Crippen LogP contribution in [0.4, 0.5) is 5.69 Å². The number of para-hydroxylation sites is 1. The molecule has 2 aromatic rings. The summed E-state index contributed by atoms with van der Waals surface area (Å²) in [7, 11) is 2.23. The van der Waals surface area contributed by atoms with Crippen molar-refractivity contribution >= 4 is 11.6 Å². The molecule has 1 unspecified atom stereocenters. The summed E-state index contributed by atoms with van der Waals surface area (Å²) in [5, 5.41) is 2.80. The summed E-state index contributed by atoms with van der Waals surface area (Å²) >= 11 is 0. The maximum absolute atomic E-state index is 12.1. The molecule has 3 nitrogen and oxygen atoms in total. The van der Waals surface area contributed by atoms with Gasteiger partial charge in [0.05, 0.1) is 0 Å². The Hall–Kier alpha value is -2.57. The molecule has 1 N–H and O–H groups in total. The van der Waals surface area contributed by atoms with E-state index < -0.39 is 0 Å². The maximum atomic E-state index is 12.1. The number of likely N-dealkylation sites (tertiary alicyclic amines) is 1. The summed E-state index contributed by atoms with van der Waals surface area (Å²) in [6, 6.07) is 18.2. The fraction of sp³-hybridized carbons (Fsp3) is 0.348. The largest absolute Gasteiger partial charge is 0.315 e. The van der Waals surface area contributed by atoms with Gasteiger partial charge in [-0.2, -0.15) is 0 Å². The van der Waals surface area contributed by atoms with Crippen molar-refractivity contribution in [2.75, 3.05) is 18.9 Å². The van der Waals surface area contributed by atoms with Crippen LogP contribution in [0.3, 0.4) is 0 Å². The molecule has 0 bridgehead atoms. The highest BCUT2D eigenvalue weighted by Gasteiger charge is 2.18. The summed E-state index contributed by atoms with van der Waals surface area (Å²) in [4.78, 5) is 14.5. The van der Waals surface area contributed by atoms with E-state index in [-0.39, 0.29) is 5.91 Å². The Morgan fingerprint density at radius 1 is 1.12 bits per heavy atom. The molecule has 1 amide bonds. The molecule has 0 saturated carbocycles. The van der Waals surface area contributed by atoms with Gasteiger partial charge in [-0.1, -0.05) is 48.7 Å². The van der Waals surface area contributed by atoms with E-state index in [4.69, 9.17) is 0 Å². The Bertz CT molecular complexity index is 789. The molecule has 0 spiro atoms. The van der Waals surface area contributed by atoms with Crippen LogP contribution in [0.2, 0.25) is 0 Å². The van der Waals surface area contributed by atoms with Crippen molar-refractivity contribution in [3.63, 3.8) is 0 Å². The van der Waals surface area contributed by atoms with Crippen LogP contribution in [0.5, 0.6) is 0 Å². The van der Waals surface area contributed by atoms with Crippen LogP contribution in [-0.2, 0) is 11.2 Å². The Balaban J connectivity index is 1.63. The van der Waals surface area contributed by atoms with E-state index in [9.17, 15) is 4.79 Å². The van der Waals surface area contributed by atoms with E-state index in [0.717, 1.165) is 24.1 Å². The van der Waals surface area contributed by atoms with Gasteiger partial charge < -0.3 is 10.2 Å². The highest BCUT2D eigenvalue weighted by Crippen LogP contribution is 2.20. The lowest BCUT2D eigenvalue weighted by atomic mass is 9.94. The number of hydrogen-bond donors (Lipinski definition) is 1. The average molecular weight is 346 g/mol. The lowest BCUT2D eigenvalue weighted by molar-refractivity contribution is -0.111. The lowest BCUT2D eigenvalue weighted by Gasteiger charge is -2.32. The third kappa shape index (κ3) is 5.21. The zero-order chi connectivity index (χ0) is 18.2. The van der Waals surface area contributed by atoms with E-state index in [2.05, 4.69) is 41.2 Å². The number of nitrogens with zero attached hydrogens (tertiary/aromatic N) is 1. The number of amides is 1. The summed E-state index contributed by atoms with van der Waals surface area (Å²) in [6.45, 7) is 1.20. The SMILES string of the molecule is CN1CCCCC1CCc1ccccc1C#CC(=O)Nc1ccccc1. The lowest BCUT2D eigenvalue weighted by Crippen LogP contribution is -2.36. The molecule has 1 aliphatic heterocycles. The van der Waals surface area contributed by atoms with Gasteiger partial charge in [-0.15, -0.1) is 0 Å². The summed E-state index contributed by atoms with van der Waals surface area (Å²) < 4.78 is 0. The van der Waals surface area contributed by atoms with Crippen LogP contribution in [0, 0.1) is 11.8 Å². The number of anilines is 1. The minimum atomic E-state index is -0.280. The molecule has 1 atom stereocenters. The van der Waals surface area contributed by atoms with E-state index in [1.807, 2.05) is 42.5 Å². The van der Waals surface area contributed by atoms with Gasteiger partial charge in [0.15, 0.2) is 0 Å². The molecule has 1 saturated heterocycles. The van der Waals surface area contributed by atoms with Crippen molar-refractivity contribution in [1.29, 1.82) is 0 Å². The minimum absolute atomic E-state index is 0.280. The Morgan fingerprint density at radius 3 is 2.69 bits per heavy atom. The number of benzene rings is 2. The Morgan fingerprint density at radius 2 is 1.88 bits per heavy atom. The number of carbonyl (C=O) groups excluding carboxylic acids is 1. The van der Waals surface area contributed by atoms with Crippen molar-refractivity contribution in [2.45, 2.75) is 38.1 Å². The van der Waals surface area contributed by atoms with Crippen LogP contribution in [-0.4, -0.2) is 30.4 Å². The van der Waals surface area contributed by atoms with Gasteiger partial charge in [-0.05, 0) is 63.0 Å². The standard InChI is InChI=1S/C23H26N2O/c1-25-18-8-7-13-22(25)16-14-19-9-5-6-10-20(19)15-17-23(26)24-21-11-3-2-4-12-21/h2-6,9-12,22H,7-8,13-14,16,18H2,1H3,(H,24,26). The van der Waals surface area contributed by atoms with Crippen LogP contribution in [0.15, 0.2) is 54.6 Å². The number of rotatable bonds is 4. The van der Waals surface area contributed by atoms with Crippen LogP contribution >= 0.6 is 0 Å². The quantitative estimate of drug-likeness (QED) is 0.846. The molecule has 3 rings (SSSR count). The monoisotopic (exact) mass is 346 g/mol. The van der Waals surface area contributed by atoms with Crippen molar-refractivity contribution in [1.82, 2.24) is 4.90 Å². The molecule has 2 aromatic carbocycles. The molecule has 0 aromatic heterocycles. The molecule has 0 aliphatic carbocycles. The van der Waals surface area contributed by atoms with Gasteiger partial charge in [-0.3, -0.25) is 4.79 Å². The van der Waals surface area contributed by atoms with Gasteiger partial charge in [0.2, 0.25) is 0 Å². The van der Waals surface area contributed by atoms with Crippen molar-refractivity contribution in [3.05, 3.63) is 65.7 Å². The predicted octanol–water partition coefficient (Wildman–Crippen LogP) is 4.09. The van der Waals surface area contributed by atoms with Crippen molar-refractivity contribution in [3.8, 4) is 11.8 Å². The average Bonchev–Trinajstić information content (AvgIpc) is 2.67. The fourth-order valence-corrected chi connectivity index (χ4v) is 3.50. The van der Waals surface area contributed by atoms with Gasteiger partial charge >= 0.3 is 5.91 Å². The number of piperidine rings is 1. The highest BCUT2D eigenvalue weighted by atomic mass is 16.1. The topological polar surface area (TPSA) is 32.3 Å². The second-order valence-corrected chi connectivity index (χ2v) is 6.90. The molecule has 1 fully saturated rings. The summed E-state index contributed by atoms with van der Waals surface area (Å²) in [5.41, 5.74) is 2.95. The first-order valence-electron chi connectivity index (χ1n) is 9.38. The molecular formula is C23H26N2O. The minimum Gasteiger partial charge on any atom is -0.315 e. The first kappa shape index (κ1) is 18.2. The second-order valence-electron chi connectivity index (χ2n) is 6.90. The second kappa shape index (κ2) is 9.22. The maximum Gasteiger partial charge on any atom is 0.300 e. The van der Waals surface area contributed by atoms with Gasteiger partial charge in [0, 0.05) is 23.2 Å². The molecule has 1 aliphatic rings. The zero-order valence-corrected chi connectivity index (χ0v) is 15.4. The predicted molar refractivity (Wildman–Crippen MR) is 107 cm³/mol. The third-order valence-electron chi connectivity index (χ3n) is 5.03. The zero-order valence-electron chi connectivity index (χ0n) is 15.4. The van der Waals surface area contributed by atoms with E-state index >= 15 is 0 Å². The van der Waals surface area contributed by atoms with E-state index in [1.54, 1.807) is 0 Å². The Labute approximate surface area is 156 Å². The van der Waals surface area contributed by atoms with Gasteiger partial charge in [0.1, 0.15) is 0 Å². The van der Waals surface area contributed by atoms with E-state index in [0.29, 0.717) is 6.04 Å². The smallest absolute Gasteiger partial charge is 0.300 e. The molecule has 1 heterocycles. The van der Waals surface area contributed by atoms with Crippen molar-refractivity contribution < 1.29 is 4.79 Å². The summed E-state index contributed by atoms with van der Waals surface area (Å²) in [6.07, 6.45) is 6.07. The number of nitrogens with one attached hydrogen (secondary N) is 1. The Kier molecular flexibility index (Phi) is 6.46. The van der Waals surface area contributed by atoms with E-state index in [1.165, 1.54) is 31.4 Å². The number of aryl methyl sites for hydroxylation is 1. The number of hydrogen-bond acceptors (Lipinski definition) is 2. The van der Waals surface area contributed by atoms with Crippen LogP contribution in [0.25, 0.3) is 0 Å².